The van der Waals surface area contributed by atoms with Crippen molar-refractivity contribution in [3.8, 4) is 5.75 Å². The number of pyridine rings is 1. The van der Waals surface area contributed by atoms with Crippen LogP contribution in [-0.4, -0.2) is 17.3 Å². The lowest BCUT2D eigenvalue weighted by Crippen LogP contribution is -2.17. The van der Waals surface area contributed by atoms with Crippen LogP contribution in [0.25, 0.3) is 0 Å². The molecule has 116 valence electrons. The first-order valence-corrected chi connectivity index (χ1v) is 6.35. The molecule has 0 aliphatic rings. The van der Waals surface area contributed by atoms with Gasteiger partial charge in [0, 0.05) is 11.8 Å². The summed E-state index contributed by atoms with van der Waals surface area (Å²) in [6.07, 6.45) is -3.29. The van der Waals surface area contributed by atoms with Crippen LogP contribution in [0.1, 0.15) is 15.9 Å². The molecule has 0 saturated carbocycles. The number of alkyl halides is 3. The molecule has 4 nitrogen and oxygen atoms in total. The second-order valence-electron chi connectivity index (χ2n) is 4.10. The molecule has 0 N–H and O–H groups in total. The number of ether oxygens (including phenoxy) is 2. The van der Waals surface area contributed by atoms with E-state index in [4.69, 9.17) is 16.3 Å². The first-order chi connectivity index (χ1) is 10.3. The van der Waals surface area contributed by atoms with Gasteiger partial charge in [-0.1, -0.05) is 17.7 Å². The van der Waals surface area contributed by atoms with Crippen molar-refractivity contribution in [3.05, 3.63) is 58.9 Å². The van der Waals surface area contributed by atoms with Gasteiger partial charge in [0.2, 0.25) is 0 Å². The minimum atomic E-state index is -4.78. The number of benzene rings is 1. The Bertz CT molecular complexity index is 659. The van der Waals surface area contributed by atoms with E-state index in [9.17, 15) is 18.0 Å². The van der Waals surface area contributed by atoms with E-state index in [1.165, 1.54) is 18.3 Å². The van der Waals surface area contributed by atoms with Gasteiger partial charge in [0.25, 0.3) is 0 Å². The Kier molecular flexibility index (Phi) is 4.87. The molecule has 0 saturated heterocycles. The number of hydrogen-bond donors (Lipinski definition) is 0. The molecule has 1 aromatic carbocycles. The number of hydrogen-bond acceptors (Lipinski definition) is 4. The number of carbonyl (C=O) groups is 1. The fourth-order valence-corrected chi connectivity index (χ4v) is 1.72. The Balaban J connectivity index is 1.97. The Morgan fingerprint density at radius 3 is 2.45 bits per heavy atom. The molecule has 0 radical (unpaired) electrons. The van der Waals surface area contributed by atoms with Gasteiger partial charge in [-0.2, -0.15) is 0 Å². The van der Waals surface area contributed by atoms with Crippen LogP contribution in [0.4, 0.5) is 13.2 Å². The molecule has 0 amide bonds. The highest BCUT2D eigenvalue weighted by molar-refractivity contribution is 6.30. The Labute approximate surface area is 128 Å². The average molecular weight is 332 g/mol. The number of carbonyl (C=O) groups excluding carboxylic acids is 1. The van der Waals surface area contributed by atoms with Gasteiger partial charge in [-0.15, -0.1) is 13.2 Å². The molecule has 0 fully saturated rings. The highest BCUT2D eigenvalue weighted by Gasteiger charge is 2.31. The Hall–Kier alpha value is -2.28. The number of esters is 1. The van der Waals surface area contributed by atoms with E-state index >= 15 is 0 Å². The predicted molar refractivity (Wildman–Crippen MR) is 71.5 cm³/mol. The minimum absolute atomic E-state index is 0.0910. The number of nitrogens with zero attached hydrogens (tertiary/aromatic N) is 1. The van der Waals surface area contributed by atoms with Crippen LogP contribution >= 0.6 is 11.6 Å². The smallest absolute Gasteiger partial charge is 0.457 e. The van der Waals surface area contributed by atoms with E-state index < -0.39 is 18.1 Å². The molecule has 0 bridgehead atoms. The maximum Gasteiger partial charge on any atom is 0.573 e. The molecular formula is C14H9ClF3NO3. The van der Waals surface area contributed by atoms with Gasteiger partial charge < -0.3 is 9.47 Å². The zero-order valence-corrected chi connectivity index (χ0v) is 11.7. The number of rotatable bonds is 4. The van der Waals surface area contributed by atoms with E-state index in [0.717, 1.165) is 12.1 Å². The summed E-state index contributed by atoms with van der Waals surface area (Å²) >= 11 is 5.81. The summed E-state index contributed by atoms with van der Waals surface area (Å²) in [6.45, 7) is -0.0910. The second-order valence-corrected chi connectivity index (χ2v) is 4.46. The normalized spacial score (nSPS) is 11.1. The molecule has 0 aliphatic heterocycles. The fourth-order valence-electron chi connectivity index (χ4n) is 1.55. The van der Waals surface area contributed by atoms with Crippen molar-refractivity contribution < 1.29 is 27.4 Å². The van der Waals surface area contributed by atoms with Gasteiger partial charge in [-0.05, 0) is 30.3 Å². The number of aromatic nitrogens is 1. The van der Waals surface area contributed by atoms with Crippen molar-refractivity contribution in [2.45, 2.75) is 13.0 Å². The lowest BCUT2D eigenvalue weighted by Gasteiger charge is -2.09. The van der Waals surface area contributed by atoms with Crippen molar-refractivity contribution in [3.63, 3.8) is 0 Å². The summed E-state index contributed by atoms with van der Waals surface area (Å²) in [4.78, 5) is 15.6. The maximum atomic E-state index is 12.0. The van der Waals surface area contributed by atoms with Gasteiger partial charge in [0.1, 0.15) is 17.5 Å². The molecule has 22 heavy (non-hydrogen) atoms. The van der Waals surface area contributed by atoms with Crippen molar-refractivity contribution in [1.82, 2.24) is 4.98 Å². The molecule has 0 atom stereocenters. The van der Waals surface area contributed by atoms with E-state index in [2.05, 4.69) is 9.72 Å². The highest BCUT2D eigenvalue weighted by Crippen LogP contribution is 2.23. The SMILES string of the molecule is O=C(OCc1cccnc1Cl)c1ccc(OC(F)(F)F)cc1. The molecule has 1 aromatic heterocycles. The third-order valence-electron chi connectivity index (χ3n) is 2.52. The molecule has 0 aliphatic carbocycles. The topological polar surface area (TPSA) is 48.4 Å². The molecule has 0 spiro atoms. The van der Waals surface area contributed by atoms with Crippen LogP contribution in [-0.2, 0) is 11.3 Å². The summed E-state index contributed by atoms with van der Waals surface area (Å²) < 4.78 is 44.8. The lowest BCUT2D eigenvalue weighted by molar-refractivity contribution is -0.274. The monoisotopic (exact) mass is 331 g/mol. The second kappa shape index (κ2) is 6.65. The molecular weight excluding hydrogens is 323 g/mol. The zero-order chi connectivity index (χ0) is 16.2. The van der Waals surface area contributed by atoms with Crippen LogP contribution in [0.5, 0.6) is 5.75 Å². The number of halogens is 4. The minimum Gasteiger partial charge on any atom is -0.457 e. The summed E-state index contributed by atoms with van der Waals surface area (Å²) in [7, 11) is 0. The Morgan fingerprint density at radius 1 is 1.18 bits per heavy atom. The van der Waals surface area contributed by atoms with Gasteiger partial charge in [-0.3, -0.25) is 0 Å². The summed E-state index contributed by atoms with van der Waals surface area (Å²) in [5.41, 5.74) is 0.615. The highest BCUT2D eigenvalue weighted by atomic mass is 35.5. The average Bonchev–Trinajstić information content (AvgIpc) is 2.45. The van der Waals surface area contributed by atoms with Crippen LogP contribution in [0, 0.1) is 0 Å². The van der Waals surface area contributed by atoms with E-state index in [1.807, 2.05) is 0 Å². The maximum absolute atomic E-state index is 12.0. The van der Waals surface area contributed by atoms with Crippen LogP contribution in [0.2, 0.25) is 5.15 Å². The first kappa shape index (κ1) is 16.1. The van der Waals surface area contributed by atoms with Crippen molar-refractivity contribution in [2.75, 3.05) is 0 Å². The van der Waals surface area contributed by atoms with Gasteiger partial charge >= 0.3 is 12.3 Å². The third-order valence-corrected chi connectivity index (χ3v) is 2.86. The van der Waals surface area contributed by atoms with Crippen LogP contribution < -0.4 is 4.74 Å². The molecule has 1 heterocycles. The molecule has 0 unspecified atom stereocenters. The fraction of sp³-hybridized carbons (Fsp3) is 0.143. The third kappa shape index (κ3) is 4.63. The standard InChI is InChI=1S/C14H9ClF3NO3/c15-12-10(2-1-7-19-12)8-21-13(20)9-3-5-11(6-4-9)22-14(16,17)18/h1-7H,8H2. The van der Waals surface area contributed by atoms with Crippen molar-refractivity contribution >= 4 is 17.6 Å². The van der Waals surface area contributed by atoms with Crippen molar-refractivity contribution in [1.29, 1.82) is 0 Å². The van der Waals surface area contributed by atoms with Crippen LogP contribution in [0.15, 0.2) is 42.6 Å². The lowest BCUT2D eigenvalue weighted by atomic mass is 10.2. The van der Waals surface area contributed by atoms with Gasteiger partial charge in [0.15, 0.2) is 0 Å². The Morgan fingerprint density at radius 2 is 1.86 bits per heavy atom. The summed E-state index contributed by atoms with van der Waals surface area (Å²) in [6, 6.07) is 7.69. The van der Waals surface area contributed by atoms with Crippen LogP contribution in [0.3, 0.4) is 0 Å². The molecule has 2 rings (SSSR count). The predicted octanol–water partition coefficient (Wildman–Crippen LogP) is 3.99. The zero-order valence-electron chi connectivity index (χ0n) is 10.9. The van der Waals surface area contributed by atoms with Crippen molar-refractivity contribution in [2.24, 2.45) is 0 Å². The summed E-state index contributed by atoms with van der Waals surface area (Å²) in [5, 5.41) is 0.212. The van der Waals surface area contributed by atoms with Gasteiger partial charge in [-0.25, -0.2) is 9.78 Å². The van der Waals surface area contributed by atoms with E-state index in [0.29, 0.717) is 5.56 Å². The van der Waals surface area contributed by atoms with E-state index in [1.54, 1.807) is 12.1 Å². The van der Waals surface area contributed by atoms with E-state index in [-0.39, 0.29) is 17.3 Å². The molecule has 8 heteroatoms. The quantitative estimate of drug-likeness (QED) is 0.628. The first-order valence-electron chi connectivity index (χ1n) is 5.97. The molecule has 2 aromatic rings. The summed E-state index contributed by atoms with van der Waals surface area (Å²) in [5.74, 6) is -1.11. The largest absolute Gasteiger partial charge is 0.573 e. The van der Waals surface area contributed by atoms with Gasteiger partial charge in [0.05, 0.1) is 5.56 Å².